The molecule has 1 aliphatic rings. The minimum atomic E-state index is -0.0973. The highest BCUT2D eigenvalue weighted by atomic mass is 32.1. The molecule has 0 aromatic carbocycles. The van der Waals surface area contributed by atoms with E-state index in [1.807, 2.05) is 6.92 Å². The summed E-state index contributed by atoms with van der Waals surface area (Å²) in [6.07, 6.45) is 6.61. The number of carbonyl (C=O) groups is 1. The molecular weight excluding hydrogens is 196 g/mol. The lowest BCUT2D eigenvalue weighted by atomic mass is 10.4. The first-order valence-corrected chi connectivity index (χ1v) is 5.53. The van der Waals surface area contributed by atoms with Crippen molar-refractivity contribution in [2.45, 2.75) is 26.2 Å². The van der Waals surface area contributed by atoms with Crippen molar-refractivity contribution < 1.29 is 4.79 Å². The van der Waals surface area contributed by atoms with Crippen LogP contribution in [0, 0.1) is 0 Å². The minimum absolute atomic E-state index is 0.0973. The summed E-state index contributed by atoms with van der Waals surface area (Å²) in [5.74, 6) is -0.0973. The van der Waals surface area contributed by atoms with E-state index in [9.17, 15) is 4.79 Å². The summed E-state index contributed by atoms with van der Waals surface area (Å²) in [7, 11) is 0. The van der Waals surface area contributed by atoms with E-state index in [4.69, 9.17) is 0 Å². The normalized spacial score (nSPS) is 14.6. The van der Waals surface area contributed by atoms with Gasteiger partial charge in [0, 0.05) is 4.88 Å². The van der Waals surface area contributed by atoms with Crippen LogP contribution in [0.4, 0.5) is 5.13 Å². The molecule has 4 heteroatoms. The van der Waals surface area contributed by atoms with E-state index in [0.29, 0.717) is 0 Å². The van der Waals surface area contributed by atoms with Crippen molar-refractivity contribution >= 4 is 22.4 Å². The van der Waals surface area contributed by atoms with E-state index in [1.165, 1.54) is 23.1 Å². The Balaban J connectivity index is 2.07. The highest BCUT2D eigenvalue weighted by Gasteiger charge is 2.16. The van der Waals surface area contributed by atoms with Crippen LogP contribution in [-0.2, 0) is 17.6 Å². The van der Waals surface area contributed by atoms with Gasteiger partial charge in [-0.05, 0) is 32.3 Å². The predicted octanol–water partition coefficient (Wildman–Crippen LogP) is 2.15. The van der Waals surface area contributed by atoms with Crippen molar-refractivity contribution in [3.8, 4) is 0 Å². The molecule has 0 bridgehead atoms. The molecule has 1 amide bonds. The van der Waals surface area contributed by atoms with Crippen molar-refractivity contribution in [2.75, 3.05) is 5.32 Å². The summed E-state index contributed by atoms with van der Waals surface area (Å²) in [5, 5.41) is 3.49. The quantitative estimate of drug-likeness (QED) is 0.757. The number of allylic oxidation sites excluding steroid dienone is 1. The highest BCUT2D eigenvalue weighted by Crippen LogP contribution is 2.30. The standard InChI is InChI=1S/C10H12N2OS/c1-2-4-9(13)12-10-11-7-5-3-6-8(7)14-10/h2,4H,3,5-6H2,1H3,(H,11,12,13). The highest BCUT2D eigenvalue weighted by molar-refractivity contribution is 7.15. The first kappa shape index (κ1) is 9.40. The van der Waals surface area contributed by atoms with Gasteiger partial charge in [0.1, 0.15) is 0 Å². The monoisotopic (exact) mass is 208 g/mol. The fourth-order valence-corrected chi connectivity index (χ4v) is 2.60. The zero-order valence-electron chi connectivity index (χ0n) is 8.04. The van der Waals surface area contributed by atoms with E-state index in [1.54, 1.807) is 17.4 Å². The van der Waals surface area contributed by atoms with Gasteiger partial charge in [-0.25, -0.2) is 4.98 Å². The summed E-state index contributed by atoms with van der Waals surface area (Å²) in [4.78, 5) is 16.9. The maximum atomic E-state index is 11.2. The number of carbonyl (C=O) groups excluding carboxylic acids is 1. The maximum Gasteiger partial charge on any atom is 0.249 e. The van der Waals surface area contributed by atoms with Crippen molar-refractivity contribution in [2.24, 2.45) is 0 Å². The predicted molar refractivity (Wildman–Crippen MR) is 57.6 cm³/mol. The molecule has 0 saturated carbocycles. The number of aryl methyl sites for hydroxylation is 2. The van der Waals surface area contributed by atoms with Crippen molar-refractivity contribution in [3.05, 3.63) is 22.7 Å². The summed E-state index contributed by atoms with van der Waals surface area (Å²) >= 11 is 1.60. The van der Waals surface area contributed by atoms with Crippen molar-refractivity contribution in [1.29, 1.82) is 0 Å². The van der Waals surface area contributed by atoms with Crippen LogP contribution in [0.15, 0.2) is 12.2 Å². The molecule has 0 unspecified atom stereocenters. The third-order valence-electron chi connectivity index (χ3n) is 2.14. The SMILES string of the molecule is CC=CC(=O)Nc1nc2c(s1)CCC2. The number of nitrogens with zero attached hydrogens (tertiary/aromatic N) is 1. The second-order valence-electron chi connectivity index (χ2n) is 3.23. The molecule has 1 aromatic heterocycles. The Labute approximate surface area is 86.9 Å². The molecule has 0 saturated heterocycles. The lowest BCUT2D eigenvalue weighted by Crippen LogP contribution is -2.07. The van der Waals surface area contributed by atoms with Crippen LogP contribution in [-0.4, -0.2) is 10.9 Å². The summed E-state index contributed by atoms with van der Waals surface area (Å²) in [6.45, 7) is 1.82. The number of thiazole rings is 1. The number of fused-ring (bicyclic) bond motifs is 1. The second kappa shape index (κ2) is 3.92. The number of hydrogen-bond acceptors (Lipinski definition) is 3. The van der Waals surface area contributed by atoms with Crippen LogP contribution in [0.5, 0.6) is 0 Å². The molecular formula is C10H12N2OS. The third kappa shape index (κ3) is 1.85. The largest absolute Gasteiger partial charge is 0.298 e. The van der Waals surface area contributed by atoms with Gasteiger partial charge in [-0.3, -0.25) is 10.1 Å². The first-order valence-electron chi connectivity index (χ1n) is 4.72. The van der Waals surface area contributed by atoms with Crippen LogP contribution in [0.1, 0.15) is 23.9 Å². The lowest BCUT2D eigenvalue weighted by Gasteiger charge is -1.94. The van der Waals surface area contributed by atoms with Crippen LogP contribution in [0.25, 0.3) is 0 Å². The van der Waals surface area contributed by atoms with Crippen LogP contribution in [0.3, 0.4) is 0 Å². The molecule has 74 valence electrons. The molecule has 14 heavy (non-hydrogen) atoms. The molecule has 2 rings (SSSR count). The van der Waals surface area contributed by atoms with Gasteiger partial charge in [-0.1, -0.05) is 6.08 Å². The molecule has 1 heterocycles. The van der Waals surface area contributed by atoms with Crippen LogP contribution in [0.2, 0.25) is 0 Å². The van der Waals surface area contributed by atoms with Gasteiger partial charge in [-0.15, -0.1) is 11.3 Å². The molecule has 1 aromatic rings. The average Bonchev–Trinajstić information content (AvgIpc) is 2.63. The third-order valence-corrected chi connectivity index (χ3v) is 3.22. The van der Waals surface area contributed by atoms with E-state index in [0.717, 1.165) is 18.0 Å². The van der Waals surface area contributed by atoms with Gasteiger partial charge < -0.3 is 0 Å². The Hall–Kier alpha value is -1.16. The van der Waals surface area contributed by atoms with Crippen LogP contribution >= 0.6 is 11.3 Å². The molecule has 0 atom stereocenters. The van der Waals surface area contributed by atoms with Crippen molar-refractivity contribution in [1.82, 2.24) is 4.98 Å². The number of hydrogen-bond donors (Lipinski definition) is 1. The van der Waals surface area contributed by atoms with E-state index in [2.05, 4.69) is 10.3 Å². The molecule has 1 N–H and O–H groups in total. The number of aromatic nitrogens is 1. The Bertz CT molecular complexity index is 360. The zero-order chi connectivity index (χ0) is 9.97. The van der Waals surface area contributed by atoms with Gasteiger partial charge in [-0.2, -0.15) is 0 Å². The summed E-state index contributed by atoms with van der Waals surface area (Å²) in [5.41, 5.74) is 1.17. The van der Waals surface area contributed by atoms with Gasteiger partial charge in [0.25, 0.3) is 0 Å². The Morgan fingerprint density at radius 3 is 3.14 bits per heavy atom. The topological polar surface area (TPSA) is 42.0 Å². The Morgan fingerprint density at radius 1 is 1.57 bits per heavy atom. The van der Waals surface area contributed by atoms with E-state index >= 15 is 0 Å². The maximum absolute atomic E-state index is 11.2. The zero-order valence-corrected chi connectivity index (χ0v) is 8.86. The minimum Gasteiger partial charge on any atom is -0.298 e. The van der Waals surface area contributed by atoms with Crippen molar-refractivity contribution in [3.63, 3.8) is 0 Å². The van der Waals surface area contributed by atoms with Gasteiger partial charge >= 0.3 is 0 Å². The fraction of sp³-hybridized carbons (Fsp3) is 0.400. The lowest BCUT2D eigenvalue weighted by molar-refractivity contribution is -0.111. The average molecular weight is 208 g/mol. The second-order valence-corrected chi connectivity index (χ2v) is 4.32. The van der Waals surface area contributed by atoms with Crippen LogP contribution < -0.4 is 5.32 Å². The fourth-order valence-electron chi connectivity index (χ4n) is 1.54. The van der Waals surface area contributed by atoms with E-state index in [-0.39, 0.29) is 5.91 Å². The molecule has 0 radical (unpaired) electrons. The van der Waals surface area contributed by atoms with Gasteiger partial charge in [0.15, 0.2) is 5.13 Å². The van der Waals surface area contributed by atoms with Gasteiger partial charge in [0.2, 0.25) is 5.91 Å². The Kier molecular flexibility index (Phi) is 2.63. The number of amides is 1. The number of rotatable bonds is 2. The summed E-state index contributed by atoms with van der Waals surface area (Å²) < 4.78 is 0. The molecule has 0 fully saturated rings. The molecule has 0 spiro atoms. The van der Waals surface area contributed by atoms with E-state index < -0.39 is 0 Å². The molecule has 3 nitrogen and oxygen atoms in total. The summed E-state index contributed by atoms with van der Waals surface area (Å²) in [6, 6.07) is 0. The molecule has 0 aliphatic heterocycles. The number of nitrogens with one attached hydrogen (secondary N) is 1. The number of anilines is 1. The Morgan fingerprint density at radius 2 is 2.43 bits per heavy atom. The molecule has 1 aliphatic carbocycles. The van der Waals surface area contributed by atoms with Gasteiger partial charge in [0.05, 0.1) is 5.69 Å². The smallest absolute Gasteiger partial charge is 0.249 e. The first-order chi connectivity index (χ1) is 6.79.